The summed E-state index contributed by atoms with van der Waals surface area (Å²) in [7, 11) is 0. The lowest BCUT2D eigenvalue weighted by molar-refractivity contribution is 0.253. The molecule has 0 amide bonds. The lowest BCUT2D eigenvalue weighted by Gasteiger charge is -2.27. The Morgan fingerprint density at radius 1 is 1.13 bits per heavy atom. The van der Waals surface area contributed by atoms with E-state index in [0.29, 0.717) is 12.5 Å². The fourth-order valence-electron chi connectivity index (χ4n) is 3.85. The monoisotopic (exact) mass is 421 g/mol. The molecule has 2 atom stereocenters. The van der Waals surface area contributed by atoms with E-state index >= 15 is 0 Å². The molecule has 30 heavy (non-hydrogen) atoms. The number of rotatable bonds is 7. The minimum Gasteiger partial charge on any atom is -0.494 e. The summed E-state index contributed by atoms with van der Waals surface area (Å²) in [5.74, 6) is 3.03. The molecule has 2 aromatic heterocycles. The van der Waals surface area contributed by atoms with Crippen LogP contribution in [0.5, 0.6) is 5.75 Å². The molecule has 4 rings (SSSR count). The molecule has 5 nitrogen and oxygen atoms in total. The summed E-state index contributed by atoms with van der Waals surface area (Å²) in [6.07, 6.45) is 1.82. The highest BCUT2D eigenvalue weighted by Crippen LogP contribution is 2.40. The summed E-state index contributed by atoms with van der Waals surface area (Å²) >= 11 is 5.68. The number of hydrogen-bond donors (Lipinski definition) is 1. The van der Waals surface area contributed by atoms with Crippen molar-refractivity contribution in [1.82, 2.24) is 15.2 Å². The van der Waals surface area contributed by atoms with Gasteiger partial charge in [-0.25, -0.2) is 0 Å². The Hall–Kier alpha value is -2.86. The average Bonchev–Trinajstić information content (AvgIpc) is 3.34. The smallest absolute Gasteiger partial charge is 0.170 e. The maximum absolute atomic E-state index is 6.36. The van der Waals surface area contributed by atoms with Gasteiger partial charge < -0.3 is 19.4 Å². The van der Waals surface area contributed by atoms with Crippen molar-refractivity contribution in [3.8, 4) is 17.1 Å². The van der Waals surface area contributed by atoms with E-state index in [1.807, 2.05) is 61.7 Å². The number of furan rings is 1. The van der Waals surface area contributed by atoms with Crippen LogP contribution in [0.15, 0.2) is 65.2 Å². The number of benzene rings is 1. The van der Waals surface area contributed by atoms with Crippen LogP contribution < -0.4 is 10.1 Å². The van der Waals surface area contributed by atoms with Gasteiger partial charge >= 0.3 is 0 Å². The zero-order chi connectivity index (χ0) is 21.1. The van der Waals surface area contributed by atoms with E-state index in [2.05, 4.69) is 35.1 Å². The third-order valence-corrected chi connectivity index (χ3v) is 5.48. The fraction of sp³-hybridized carbons (Fsp3) is 0.333. The molecule has 1 aromatic carbocycles. The molecule has 0 aliphatic carbocycles. The van der Waals surface area contributed by atoms with Crippen molar-refractivity contribution < 1.29 is 9.15 Å². The highest BCUT2D eigenvalue weighted by atomic mass is 32.1. The summed E-state index contributed by atoms with van der Waals surface area (Å²) < 4.78 is 11.9. The Kier molecular flexibility index (Phi) is 6.04. The standard InChI is InChI=1S/C24H27N3O2S/c1-4-28-18-10-8-17(9-11-18)20-12-13-21(29-20)23-22(19-7-5-6-14-25-19)26-24(30)27(23)15-16(2)3/h5-14,16,22-23H,4,15H2,1-3H3,(H,26,30)/t22-,23-/m0/s1. The zero-order valence-electron chi connectivity index (χ0n) is 17.5. The highest BCUT2D eigenvalue weighted by Gasteiger charge is 2.41. The summed E-state index contributed by atoms with van der Waals surface area (Å²) in [6.45, 7) is 7.87. The second-order valence-electron chi connectivity index (χ2n) is 7.83. The molecule has 1 fully saturated rings. The highest BCUT2D eigenvalue weighted by molar-refractivity contribution is 7.80. The van der Waals surface area contributed by atoms with Gasteiger partial charge in [-0.3, -0.25) is 4.98 Å². The molecule has 0 unspecified atom stereocenters. The number of thiocarbonyl (C=S) groups is 1. The van der Waals surface area contributed by atoms with Crippen LogP contribution in [0.25, 0.3) is 11.3 Å². The Bertz CT molecular complexity index is 985. The molecule has 1 saturated heterocycles. The average molecular weight is 422 g/mol. The fourth-order valence-corrected chi connectivity index (χ4v) is 4.17. The maximum atomic E-state index is 6.36. The van der Waals surface area contributed by atoms with E-state index < -0.39 is 0 Å². The molecule has 3 aromatic rings. The summed E-state index contributed by atoms with van der Waals surface area (Å²) in [5, 5.41) is 4.20. The van der Waals surface area contributed by atoms with Crippen LogP contribution in [0, 0.1) is 5.92 Å². The molecular weight excluding hydrogens is 394 g/mol. The molecule has 0 saturated carbocycles. The molecule has 0 radical (unpaired) electrons. The number of nitrogens with zero attached hydrogens (tertiary/aromatic N) is 2. The Morgan fingerprint density at radius 3 is 2.60 bits per heavy atom. The van der Waals surface area contributed by atoms with Gasteiger partial charge in [0.25, 0.3) is 0 Å². The van der Waals surface area contributed by atoms with Gasteiger partial charge in [0.15, 0.2) is 5.11 Å². The number of hydrogen-bond acceptors (Lipinski definition) is 4. The topological polar surface area (TPSA) is 50.5 Å². The second kappa shape index (κ2) is 8.88. The zero-order valence-corrected chi connectivity index (χ0v) is 18.4. The SMILES string of the molecule is CCOc1ccc(-c2ccc([C@H]3[C@H](c4ccccn4)NC(=S)N3CC(C)C)o2)cc1. The predicted octanol–water partition coefficient (Wildman–Crippen LogP) is 5.37. The van der Waals surface area contributed by atoms with Gasteiger partial charge in [-0.15, -0.1) is 0 Å². The first kappa shape index (κ1) is 20.4. The molecule has 156 valence electrons. The molecule has 0 bridgehead atoms. The van der Waals surface area contributed by atoms with Gasteiger partial charge in [0.05, 0.1) is 18.3 Å². The molecular formula is C24H27N3O2S. The van der Waals surface area contributed by atoms with E-state index in [1.54, 1.807) is 0 Å². The number of pyridine rings is 1. The van der Waals surface area contributed by atoms with Crippen LogP contribution >= 0.6 is 12.2 Å². The minimum atomic E-state index is -0.0585. The van der Waals surface area contributed by atoms with Gasteiger partial charge in [-0.2, -0.15) is 0 Å². The van der Waals surface area contributed by atoms with Crippen molar-refractivity contribution in [2.75, 3.05) is 13.2 Å². The quantitative estimate of drug-likeness (QED) is 0.518. The predicted molar refractivity (Wildman–Crippen MR) is 122 cm³/mol. The maximum Gasteiger partial charge on any atom is 0.170 e. The Labute approximate surface area is 183 Å². The van der Waals surface area contributed by atoms with Crippen molar-refractivity contribution >= 4 is 17.3 Å². The van der Waals surface area contributed by atoms with Gasteiger partial charge in [0.2, 0.25) is 0 Å². The van der Waals surface area contributed by atoms with Crippen LogP contribution in [0.2, 0.25) is 0 Å². The van der Waals surface area contributed by atoms with Crippen molar-refractivity contribution in [2.45, 2.75) is 32.9 Å². The number of nitrogens with one attached hydrogen (secondary N) is 1. The van der Waals surface area contributed by atoms with E-state index in [-0.39, 0.29) is 12.1 Å². The van der Waals surface area contributed by atoms with Crippen LogP contribution in [0.3, 0.4) is 0 Å². The number of ether oxygens (including phenoxy) is 1. The summed E-state index contributed by atoms with van der Waals surface area (Å²) in [6, 6.07) is 17.9. The lowest BCUT2D eigenvalue weighted by Crippen LogP contribution is -2.32. The largest absolute Gasteiger partial charge is 0.494 e. The third kappa shape index (κ3) is 4.19. The lowest BCUT2D eigenvalue weighted by atomic mass is 10.0. The molecule has 1 aliphatic heterocycles. The first-order valence-electron chi connectivity index (χ1n) is 10.4. The van der Waals surface area contributed by atoms with Crippen molar-refractivity contribution in [1.29, 1.82) is 0 Å². The third-order valence-electron chi connectivity index (χ3n) is 5.13. The molecule has 1 aliphatic rings. The van der Waals surface area contributed by atoms with Crippen molar-refractivity contribution in [3.63, 3.8) is 0 Å². The van der Waals surface area contributed by atoms with E-state index in [4.69, 9.17) is 21.4 Å². The Balaban J connectivity index is 1.67. The van der Waals surface area contributed by atoms with Gasteiger partial charge in [-0.05, 0) is 73.6 Å². The van der Waals surface area contributed by atoms with E-state index in [9.17, 15) is 0 Å². The molecule has 0 spiro atoms. The van der Waals surface area contributed by atoms with Gasteiger partial charge in [0.1, 0.15) is 23.3 Å². The minimum absolute atomic E-state index is 0.0498. The van der Waals surface area contributed by atoms with E-state index in [0.717, 1.165) is 40.2 Å². The first-order chi connectivity index (χ1) is 14.6. The van der Waals surface area contributed by atoms with E-state index in [1.165, 1.54) is 0 Å². The van der Waals surface area contributed by atoms with Crippen LogP contribution in [0.1, 0.15) is 44.3 Å². The molecule has 6 heteroatoms. The number of aromatic nitrogens is 1. The normalized spacial score (nSPS) is 18.7. The summed E-state index contributed by atoms with van der Waals surface area (Å²) in [4.78, 5) is 6.79. The van der Waals surface area contributed by atoms with Crippen LogP contribution in [-0.2, 0) is 0 Å². The van der Waals surface area contributed by atoms with Crippen LogP contribution in [0.4, 0.5) is 0 Å². The Morgan fingerprint density at radius 2 is 1.93 bits per heavy atom. The van der Waals surface area contributed by atoms with Gasteiger partial charge in [0, 0.05) is 18.3 Å². The first-order valence-corrected chi connectivity index (χ1v) is 10.8. The molecule has 1 N–H and O–H groups in total. The van der Waals surface area contributed by atoms with Crippen molar-refractivity contribution in [2.24, 2.45) is 5.92 Å². The van der Waals surface area contributed by atoms with Crippen LogP contribution in [-0.4, -0.2) is 28.1 Å². The molecule has 3 heterocycles. The van der Waals surface area contributed by atoms with Crippen molar-refractivity contribution in [3.05, 3.63) is 72.2 Å². The second-order valence-corrected chi connectivity index (χ2v) is 8.22. The van der Waals surface area contributed by atoms with Gasteiger partial charge in [-0.1, -0.05) is 19.9 Å². The summed E-state index contributed by atoms with van der Waals surface area (Å²) in [5.41, 5.74) is 1.97.